The van der Waals surface area contributed by atoms with Crippen molar-refractivity contribution in [2.45, 2.75) is 6.10 Å². The summed E-state index contributed by atoms with van der Waals surface area (Å²) in [5.74, 6) is 0.117. The van der Waals surface area contributed by atoms with Crippen molar-refractivity contribution in [3.8, 4) is 11.5 Å². The van der Waals surface area contributed by atoms with Crippen molar-refractivity contribution in [3.63, 3.8) is 0 Å². The van der Waals surface area contributed by atoms with Gasteiger partial charge in [0.05, 0.1) is 12.1 Å². The first-order valence-corrected chi connectivity index (χ1v) is 6.48. The predicted molar refractivity (Wildman–Crippen MR) is 76.8 cm³/mol. The number of para-hydroxylation sites is 1. The van der Waals surface area contributed by atoms with Crippen LogP contribution in [-0.4, -0.2) is 13.7 Å². The fourth-order valence-electron chi connectivity index (χ4n) is 1.90. The van der Waals surface area contributed by atoms with Gasteiger partial charge in [-0.2, -0.15) is 0 Å². The molecule has 0 radical (unpaired) electrons. The van der Waals surface area contributed by atoms with Crippen molar-refractivity contribution in [1.82, 2.24) is 0 Å². The fourth-order valence-corrected chi connectivity index (χ4v) is 2.07. The molecule has 20 heavy (non-hydrogen) atoms. The van der Waals surface area contributed by atoms with Gasteiger partial charge in [-0.25, -0.2) is 4.39 Å². The maximum absolute atomic E-state index is 13.9. The molecule has 0 amide bonds. The quantitative estimate of drug-likeness (QED) is 0.917. The van der Waals surface area contributed by atoms with Crippen LogP contribution in [0.3, 0.4) is 0 Å². The van der Waals surface area contributed by atoms with Gasteiger partial charge in [-0.3, -0.25) is 0 Å². The molecule has 1 atom stereocenters. The van der Waals surface area contributed by atoms with Crippen molar-refractivity contribution in [2.75, 3.05) is 13.7 Å². The molecule has 0 aliphatic heterocycles. The summed E-state index contributed by atoms with van der Waals surface area (Å²) in [7, 11) is 1.56. The van der Waals surface area contributed by atoms with Crippen LogP contribution in [-0.2, 0) is 0 Å². The van der Waals surface area contributed by atoms with Gasteiger partial charge in [0.15, 0.2) is 11.6 Å². The molecule has 2 aromatic rings. The zero-order valence-electron chi connectivity index (χ0n) is 11.0. The molecular formula is C15H15ClFNO2. The molecule has 0 saturated carbocycles. The average Bonchev–Trinajstić information content (AvgIpc) is 2.49. The minimum Gasteiger partial charge on any atom is -0.496 e. The topological polar surface area (TPSA) is 44.5 Å². The summed E-state index contributed by atoms with van der Waals surface area (Å²) in [5, 5.41) is 0.0123. The van der Waals surface area contributed by atoms with Gasteiger partial charge in [0, 0.05) is 12.1 Å². The Bertz CT molecular complexity index is 592. The molecule has 0 saturated heterocycles. The van der Waals surface area contributed by atoms with Gasteiger partial charge in [-0.15, -0.1) is 0 Å². The third kappa shape index (κ3) is 3.03. The number of rotatable bonds is 5. The molecule has 0 aliphatic carbocycles. The predicted octanol–water partition coefficient (Wildman–Crippen LogP) is 3.57. The van der Waals surface area contributed by atoms with E-state index in [-0.39, 0.29) is 17.3 Å². The van der Waals surface area contributed by atoms with Crippen molar-refractivity contribution in [3.05, 3.63) is 58.9 Å². The van der Waals surface area contributed by atoms with Crippen molar-refractivity contribution < 1.29 is 13.9 Å². The molecule has 0 aromatic heterocycles. The van der Waals surface area contributed by atoms with Crippen LogP contribution >= 0.6 is 11.6 Å². The Morgan fingerprint density at radius 3 is 2.55 bits per heavy atom. The minimum atomic E-state index is -0.595. The third-order valence-electron chi connectivity index (χ3n) is 2.89. The molecule has 1 unspecified atom stereocenters. The minimum absolute atomic E-state index is 0.0123. The Hall–Kier alpha value is -1.78. The SMILES string of the molecule is COc1ccccc1C(CN)Oc1cccc(Cl)c1F. The van der Waals surface area contributed by atoms with Crippen LogP contribution in [0.4, 0.5) is 4.39 Å². The summed E-state index contributed by atoms with van der Waals surface area (Å²) in [5.41, 5.74) is 6.49. The van der Waals surface area contributed by atoms with E-state index >= 15 is 0 Å². The molecule has 106 valence electrons. The van der Waals surface area contributed by atoms with Gasteiger partial charge in [0.1, 0.15) is 11.9 Å². The van der Waals surface area contributed by atoms with Crippen LogP contribution in [0, 0.1) is 5.82 Å². The summed E-state index contributed by atoms with van der Waals surface area (Å²) >= 11 is 5.73. The van der Waals surface area contributed by atoms with E-state index in [0.29, 0.717) is 5.75 Å². The zero-order chi connectivity index (χ0) is 14.5. The second kappa shape index (κ2) is 6.59. The smallest absolute Gasteiger partial charge is 0.183 e. The number of hydrogen-bond acceptors (Lipinski definition) is 3. The lowest BCUT2D eigenvalue weighted by Crippen LogP contribution is -2.19. The van der Waals surface area contributed by atoms with Crippen molar-refractivity contribution >= 4 is 11.6 Å². The van der Waals surface area contributed by atoms with Gasteiger partial charge in [0.25, 0.3) is 0 Å². The summed E-state index contributed by atoms with van der Waals surface area (Å²) < 4.78 is 24.8. The number of methoxy groups -OCH3 is 1. The first-order valence-electron chi connectivity index (χ1n) is 6.11. The summed E-state index contributed by atoms with van der Waals surface area (Å²) in [6.45, 7) is 0.187. The average molecular weight is 296 g/mol. The van der Waals surface area contributed by atoms with Gasteiger partial charge in [-0.1, -0.05) is 35.9 Å². The van der Waals surface area contributed by atoms with Crippen LogP contribution in [0.2, 0.25) is 5.02 Å². The number of hydrogen-bond donors (Lipinski definition) is 1. The summed E-state index contributed by atoms with van der Waals surface area (Å²) in [4.78, 5) is 0. The molecule has 0 fully saturated rings. The number of ether oxygens (including phenoxy) is 2. The molecule has 0 bridgehead atoms. The van der Waals surface area contributed by atoms with E-state index in [4.69, 9.17) is 26.8 Å². The second-order valence-electron chi connectivity index (χ2n) is 4.14. The lowest BCUT2D eigenvalue weighted by atomic mass is 10.1. The zero-order valence-corrected chi connectivity index (χ0v) is 11.7. The van der Waals surface area contributed by atoms with E-state index < -0.39 is 11.9 Å². The van der Waals surface area contributed by atoms with Crippen molar-refractivity contribution in [1.29, 1.82) is 0 Å². The van der Waals surface area contributed by atoms with Gasteiger partial charge < -0.3 is 15.2 Å². The second-order valence-corrected chi connectivity index (χ2v) is 4.54. The van der Waals surface area contributed by atoms with Crippen LogP contribution in [0.1, 0.15) is 11.7 Å². The molecule has 5 heteroatoms. The molecule has 0 heterocycles. The van der Waals surface area contributed by atoms with E-state index in [2.05, 4.69) is 0 Å². The largest absolute Gasteiger partial charge is 0.496 e. The summed E-state index contributed by atoms with van der Waals surface area (Å²) in [6, 6.07) is 11.9. The monoisotopic (exact) mass is 295 g/mol. The van der Waals surface area contributed by atoms with E-state index in [0.717, 1.165) is 5.56 Å². The Labute approximate surface area is 122 Å². The lowest BCUT2D eigenvalue weighted by Gasteiger charge is -2.20. The maximum atomic E-state index is 13.9. The number of nitrogens with two attached hydrogens (primary N) is 1. The normalized spacial score (nSPS) is 12.0. The van der Waals surface area contributed by atoms with E-state index in [1.54, 1.807) is 19.2 Å². The third-order valence-corrected chi connectivity index (χ3v) is 3.18. The Kier molecular flexibility index (Phi) is 4.82. The molecule has 2 rings (SSSR count). The first-order chi connectivity index (χ1) is 9.67. The van der Waals surface area contributed by atoms with E-state index in [1.165, 1.54) is 12.1 Å². The maximum Gasteiger partial charge on any atom is 0.183 e. The molecule has 0 aliphatic rings. The van der Waals surface area contributed by atoms with Gasteiger partial charge in [-0.05, 0) is 18.2 Å². The Morgan fingerprint density at radius 2 is 1.85 bits per heavy atom. The number of benzene rings is 2. The lowest BCUT2D eigenvalue weighted by molar-refractivity contribution is 0.200. The van der Waals surface area contributed by atoms with Gasteiger partial charge >= 0.3 is 0 Å². The molecule has 0 spiro atoms. The van der Waals surface area contributed by atoms with Crippen LogP contribution < -0.4 is 15.2 Å². The number of halogens is 2. The van der Waals surface area contributed by atoms with E-state index in [9.17, 15) is 4.39 Å². The van der Waals surface area contributed by atoms with Crippen LogP contribution in [0.25, 0.3) is 0 Å². The van der Waals surface area contributed by atoms with Crippen molar-refractivity contribution in [2.24, 2.45) is 5.73 Å². The highest BCUT2D eigenvalue weighted by Crippen LogP contribution is 2.31. The van der Waals surface area contributed by atoms with E-state index in [1.807, 2.05) is 18.2 Å². The van der Waals surface area contributed by atoms with Crippen LogP contribution in [0.5, 0.6) is 11.5 Å². The Balaban J connectivity index is 2.31. The molecule has 2 N–H and O–H groups in total. The molecular weight excluding hydrogens is 281 g/mol. The molecule has 3 nitrogen and oxygen atoms in total. The van der Waals surface area contributed by atoms with Crippen LogP contribution in [0.15, 0.2) is 42.5 Å². The highest BCUT2D eigenvalue weighted by molar-refractivity contribution is 6.30. The Morgan fingerprint density at radius 1 is 1.15 bits per heavy atom. The fraction of sp³-hybridized carbons (Fsp3) is 0.200. The standard InChI is InChI=1S/C15H15ClFNO2/c1-19-12-7-3-2-5-10(12)14(9-18)20-13-8-4-6-11(16)15(13)17/h2-8,14H,9,18H2,1H3. The highest BCUT2D eigenvalue weighted by Gasteiger charge is 2.18. The van der Waals surface area contributed by atoms with Gasteiger partial charge in [0.2, 0.25) is 0 Å². The molecule has 2 aromatic carbocycles. The summed E-state index contributed by atoms with van der Waals surface area (Å²) in [6.07, 6.45) is -0.515. The highest BCUT2D eigenvalue weighted by atomic mass is 35.5. The first kappa shape index (κ1) is 14.6.